The molecule has 0 rings (SSSR count). The van der Waals surface area contributed by atoms with E-state index in [2.05, 4.69) is 78.3 Å². The van der Waals surface area contributed by atoms with Gasteiger partial charge in [-0.05, 0) is 44.9 Å². The third-order valence-corrected chi connectivity index (χ3v) is 7.94. The Balaban J connectivity index is 3.66. The minimum Gasteiger partial charge on any atom is -0.394 e. The summed E-state index contributed by atoms with van der Waals surface area (Å²) in [5, 5.41) is 52.3. The summed E-state index contributed by atoms with van der Waals surface area (Å²) in [5.41, 5.74) is 0. The molecule has 9 nitrogen and oxygen atoms in total. The van der Waals surface area contributed by atoms with Crippen LogP contribution in [-0.4, -0.2) is 93.0 Å². The summed E-state index contributed by atoms with van der Waals surface area (Å²) in [4.78, 5) is 23.7. The van der Waals surface area contributed by atoms with Gasteiger partial charge in [-0.25, -0.2) is 0 Å². The lowest BCUT2D eigenvalue weighted by atomic mass is 10.0. The number of aliphatic hydroxyl groups is 5. The molecule has 0 spiro atoms. The first kappa shape index (κ1) is 39.1. The number of unbranched alkanes of at least 4 members (excludes halogenated alkanes) is 1. The fourth-order valence-electron chi connectivity index (χ4n) is 3.19. The summed E-state index contributed by atoms with van der Waals surface area (Å²) in [6.07, 6.45) is 21.3. The zero-order valence-electron chi connectivity index (χ0n) is 24.1. The van der Waals surface area contributed by atoms with Crippen LogP contribution in [0.15, 0.2) is 60.8 Å². The van der Waals surface area contributed by atoms with Crippen molar-refractivity contribution in [2.75, 3.05) is 31.2 Å². The number of carbonyl (C=O) groups excluding carboxylic acids is 2. The Morgan fingerprint density at radius 3 is 1.71 bits per heavy atom. The van der Waals surface area contributed by atoms with Crippen molar-refractivity contribution in [1.82, 2.24) is 10.6 Å². The van der Waals surface area contributed by atoms with Crippen molar-refractivity contribution in [2.45, 2.75) is 82.7 Å². The summed E-state index contributed by atoms with van der Waals surface area (Å²) in [6, 6.07) is 0. The van der Waals surface area contributed by atoms with Crippen molar-refractivity contribution in [2.24, 2.45) is 0 Å². The van der Waals surface area contributed by atoms with Gasteiger partial charge in [0.1, 0.15) is 18.3 Å². The van der Waals surface area contributed by atoms with E-state index in [4.69, 9.17) is 5.11 Å². The Bertz CT molecular complexity index is 819. The van der Waals surface area contributed by atoms with E-state index in [9.17, 15) is 30.0 Å². The molecular weight excluding hydrogens is 564 g/mol. The number of carbonyl (C=O) groups is 2. The fourth-order valence-corrected chi connectivity index (χ4v) is 5.00. The third kappa shape index (κ3) is 23.4. The standard InChI is InChI=1S/C30H50N2O7S2/c1-2-3-4-5-6-7-8-9-10-11-12-13-14-15-16-17-18-19-26(35)31-20-22-40-41-23-21-32-30(39)29(38)28(37)27(36)25(34)24-33/h3-4,6-7,9-10,12-13,15-16,25,27-29,33-34,36-38H,2,5,8,11,14,17-24H2,1H3,(H,31,35)(H,32,39). The molecule has 0 aliphatic carbocycles. The van der Waals surface area contributed by atoms with Crippen LogP contribution in [0, 0.1) is 0 Å². The highest BCUT2D eigenvalue weighted by Crippen LogP contribution is 2.19. The van der Waals surface area contributed by atoms with Gasteiger partial charge >= 0.3 is 0 Å². The number of hydrogen-bond acceptors (Lipinski definition) is 9. The quantitative estimate of drug-likeness (QED) is 0.0466. The van der Waals surface area contributed by atoms with Crippen LogP contribution in [-0.2, 0) is 9.59 Å². The second-order valence-corrected chi connectivity index (χ2v) is 11.8. The zero-order valence-corrected chi connectivity index (χ0v) is 25.8. The van der Waals surface area contributed by atoms with Crippen LogP contribution < -0.4 is 10.6 Å². The summed E-state index contributed by atoms with van der Waals surface area (Å²) in [6.45, 7) is 2.09. The van der Waals surface area contributed by atoms with Crippen LogP contribution >= 0.6 is 21.6 Å². The maximum atomic E-state index is 11.9. The maximum absolute atomic E-state index is 11.9. The number of rotatable bonds is 25. The van der Waals surface area contributed by atoms with E-state index >= 15 is 0 Å². The largest absolute Gasteiger partial charge is 0.394 e. The molecule has 4 atom stereocenters. The first-order chi connectivity index (χ1) is 19.8. The predicted molar refractivity (Wildman–Crippen MR) is 170 cm³/mol. The molecule has 0 saturated heterocycles. The first-order valence-corrected chi connectivity index (χ1v) is 16.7. The molecule has 2 amide bonds. The van der Waals surface area contributed by atoms with Crippen molar-refractivity contribution in [1.29, 1.82) is 0 Å². The Labute approximate surface area is 253 Å². The smallest absolute Gasteiger partial charge is 0.251 e. The molecular formula is C30H50N2O7S2. The van der Waals surface area contributed by atoms with Gasteiger partial charge in [0, 0.05) is 31.0 Å². The molecule has 0 heterocycles. The lowest BCUT2D eigenvalue weighted by Crippen LogP contribution is -2.51. The highest BCUT2D eigenvalue weighted by Gasteiger charge is 2.33. The number of allylic oxidation sites excluding steroid dienone is 10. The monoisotopic (exact) mass is 614 g/mol. The molecule has 0 aromatic carbocycles. The van der Waals surface area contributed by atoms with E-state index < -0.39 is 36.9 Å². The highest BCUT2D eigenvalue weighted by molar-refractivity contribution is 8.76. The van der Waals surface area contributed by atoms with Gasteiger partial charge in [-0.1, -0.05) is 89.3 Å². The molecule has 234 valence electrons. The fraction of sp³-hybridized carbons (Fsp3) is 0.600. The molecule has 7 N–H and O–H groups in total. The maximum Gasteiger partial charge on any atom is 0.251 e. The molecule has 41 heavy (non-hydrogen) atoms. The van der Waals surface area contributed by atoms with Crippen molar-refractivity contribution < 1.29 is 35.1 Å². The van der Waals surface area contributed by atoms with Crippen LogP contribution in [0.1, 0.15) is 58.3 Å². The van der Waals surface area contributed by atoms with Crippen LogP contribution in [0.25, 0.3) is 0 Å². The molecule has 0 aliphatic rings. The number of nitrogens with one attached hydrogen (secondary N) is 2. The van der Waals surface area contributed by atoms with Crippen LogP contribution in [0.2, 0.25) is 0 Å². The Morgan fingerprint density at radius 1 is 0.707 bits per heavy atom. The molecule has 0 fully saturated rings. The number of aliphatic hydroxyl groups excluding tert-OH is 5. The van der Waals surface area contributed by atoms with Gasteiger partial charge in [0.25, 0.3) is 5.91 Å². The van der Waals surface area contributed by atoms with Gasteiger partial charge in [0.2, 0.25) is 5.91 Å². The molecule has 0 aliphatic heterocycles. The van der Waals surface area contributed by atoms with E-state index in [1.807, 2.05) is 0 Å². The summed E-state index contributed by atoms with van der Waals surface area (Å²) in [7, 11) is 3.02. The molecule has 0 bridgehead atoms. The summed E-state index contributed by atoms with van der Waals surface area (Å²) >= 11 is 0. The second kappa shape index (κ2) is 28.3. The first-order valence-electron chi connectivity index (χ1n) is 14.2. The number of hydrogen-bond donors (Lipinski definition) is 7. The van der Waals surface area contributed by atoms with Gasteiger partial charge in [0.05, 0.1) is 6.61 Å². The Hall–Kier alpha value is -1.86. The molecule has 4 unspecified atom stereocenters. The molecule has 0 radical (unpaired) electrons. The van der Waals surface area contributed by atoms with Crippen molar-refractivity contribution >= 4 is 33.4 Å². The SMILES string of the molecule is CCC=CCC=CCC=CCC=CCC=CCCCC(=O)NCCSSCCNC(=O)C(O)C(O)C(O)C(O)CO. The minimum atomic E-state index is -1.93. The summed E-state index contributed by atoms with van der Waals surface area (Å²) in [5.74, 6) is 0.369. The zero-order chi connectivity index (χ0) is 30.6. The lowest BCUT2D eigenvalue weighted by Gasteiger charge is -2.24. The van der Waals surface area contributed by atoms with E-state index in [1.54, 1.807) is 0 Å². The minimum absolute atomic E-state index is 0.0243. The van der Waals surface area contributed by atoms with Gasteiger partial charge in [-0.3, -0.25) is 9.59 Å². The normalized spacial score (nSPS) is 15.4. The molecule has 0 saturated carbocycles. The highest BCUT2D eigenvalue weighted by atomic mass is 33.1. The molecule has 0 aromatic heterocycles. The van der Waals surface area contributed by atoms with Gasteiger partial charge in [-0.15, -0.1) is 0 Å². The summed E-state index contributed by atoms with van der Waals surface area (Å²) < 4.78 is 0. The average molecular weight is 615 g/mol. The Morgan fingerprint density at radius 2 is 1.20 bits per heavy atom. The van der Waals surface area contributed by atoms with E-state index in [1.165, 1.54) is 21.6 Å². The average Bonchev–Trinajstić information content (AvgIpc) is 2.98. The van der Waals surface area contributed by atoms with Crippen LogP contribution in [0.4, 0.5) is 0 Å². The predicted octanol–water partition coefficient (Wildman–Crippen LogP) is 2.96. The van der Waals surface area contributed by atoms with Crippen molar-refractivity contribution in [3.05, 3.63) is 60.8 Å². The topological polar surface area (TPSA) is 159 Å². The van der Waals surface area contributed by atoms with Gasteiger partial charge < -0.3 is 36.2 Å². The molecule has 0 aromatic rings. The lowest BCUT2D eigenvalue weighted by molar-refractivity contribution is -0.148. The van der Waals surface area contributed by atoms with Crippen LogP contribution in [0.3, 0.4) is 0 Å². The van der Waals surface area contributed by atoms with Crippen molar-refractivity contribution in [3.8, 4) is 0 Å². The Kier molecular flexibility index (Phi) is 27.0. The van der Waals surface area contributed by atoms with Crippen molar-refractivity contribution in [3.63, 3.8) is 0 Å². The second-order valence-electron chi connectivity index (χ2n) is 9.06. The van der Waals surface area contributed by atoms with E-state index in [0.717, 1.165) is 44.9 Å². The third-order valence-electron chi connectivity index (χ3n) is 5.53. The van der Waals surface area contributed by atoms with Gasteiger partial charge in [0.15, 0.2) is 6.10 Å². The van der Waals surface area contributed by atoms with Crippen LogP contribution in [0.5, 0.6) is 0 Å². The molecule has 11 heteroatoms. The number of amides is 2. The van der Waals surface area contributed by atoms with E-state index in [-0.39, 0.29) is 12.5 Å². The van der Waals surface area contributed by atoms with Gasteiger partial charge in [-0.2, -0.15) is 0 Å². The van der Waals surface area contributed by atoms with E-state index in [0.29, 0.717) is 24.5 Å².